The number of benzene rings is 2. The predicted molar refractivity (Wildman–Crippen MR) is 132 cm³/mol. The number of rotatable bonds is 5. The van der Waals surface area contributed by atoms with E-state index in [1.807, 2.05) is 30.3 Å². The highest BCUT2D eigenvalue weighted by atomic mass is 35.5. The van der Waals surface area contributed by atoms with Gasteiger partial charge in [0, 0.05) is 42.4 Å². The third-order valence-corrected chi connectivity index (χ3v) is 6.55. The van der Waals surface area contributed by atoms with Crippen LogP contribution in [0.1, 0.15) is 27.9 Å². The van der Waals surface area contributed by atoms with Crippen molar-refractivity contribution in [3.05, 3.63) is 82.6 Å². The molecule has 0 aliphatic carbocycles. The van der Waals surface area contributed by atoms with Crippen LogP contribution >= 0.6 is 11.6 Å². The van der Waals surface area contributed by atoms with Gasteiger partial charge in [-0.05, 0) is 30.3 Å². The van der Waals surface area contributed by atoms with E-state index in [4.69, 9.17) is 22.1 Å². The van der Waals surface area contributed by atoms with Gasteiger partial charge < -0.3 is 21.1 Å². The van der Waals surface area contributed by atoms with Crippen LogP contribution in [0.3, 0.4) is 0 Å². The Morgan fingerprint density at radius 2 is 1.94 bits per heavy atom. The minimum absolute atomic E-state index is 0.0186. The molecule has 11 heteroatoms. The zero-order valence-corrected chi connectivity index (χ0v) is 19.9. The number of fused-ring (bicyclic) bond motifs is 2. The Labute approximate surface area is 211 Å². The molecule has 1 saturated heterocycles. The molecule has 0 radical (unpaired) electrons. The summed E-state index contributed by atoms with van der Waals surface area (Å²) in [5.41, 5.74) is 6.55. The van der Waals surface area contributed by atoms with Crippen LogP contribution in [-0.4, -0.2) is 47.0 Å². The van der Waals surface area contributed by atoms with E-state index in [0.29, 0.717) is 35.8 Å². The summed E-state index contributed by atoms with van der Waals surface area (Å²) in [5, 5.41) is 6.40. The number of halogens is 1. The fraction of sp³-hybridized carbons (Fsp3) is 0.240. The molecular weight excluding hydrogens is 484 g/mol. The molecule has 5 rings (SSSR count). The fourth-order valence-electron chi connectivity index (χ4n) is 4.53. The lowest BCUT2D eigenvalue weighted by atomic mass is 9.89. The monoisotopic (exact) mass is 506 g/mol. The van der Waals surface area contributed by atoms with Gasteiger partial charge in [0.05, 0.1) is 11.3 Å². The van der Waals surface area contributed by atoms with E-state index in [1.165, 1.54) is 12.4 Å². The van der Waals surface area contributed by atoms with Crippen molar-refractivity contribution >= 4 is 41.1 Å². The average Bonchev–Trinajstić information content (AvgIpc) is 3.34. The molecule has 3 amide bonds. The Hall–Kier alpha value is -4.02. The first kappa shape index (κ1) is 23.7. The molecule has 10 nitrogen and oxygen atoms in total. The van der Waals surface area contributed by atoms with E-state index in [0.717, 1.165) is 10.5 Å². The number of aromatic nitrogens is 2. The third kappa shape index (κ3) is 4.48. The lowest BCUT2D eigenvalue weighted by molar-refractivity contribution is -0.120. The van der Waals surface area contributed by atoms with E-state index in [-0.39, 0.29) is 17.9 Å². The lowest BCUT2D eigenvalue weighted by Gasteiger charge is -2.40. The van der Waals surface area contributed by atoms with Gasteiger partial charge in [-0.1, -0.05) is 41.9 Å². The number of amides is 3. The summed E-state index contributed by atoms with van der Waals surface area (Å²) in [7, 11) is 0. The molecule has 2 aromatic carbocycles. The minimum Gasteiger partial charge on any atom is -0.436 e. The molecule has 2 atom stereocenters. The summed E-state index contributed by atoms with van der Waals surface area (Å²) in [6, 6.07) is 13.0. The topological polar surface area (TPSA) is 140 Å². The molecule has 0 bridgehead atoms. The summed E-state index contributed by atoms with van der Waals surface area (Å²) < 4.78 is 5.85. The number of nitrogen functional groups attached to an aromatic ring is 1. The first-order valence-corrected chi connectivity index (χ1v) is 11.7. The van der Waals surface area contributed by atoms with Crippen LogP contribution in [0.5, 0.6) is 0 Å². The molecule has 2 aliphatic heterocycles. The number of nitrogens with two attached hydrogens (primary N) is 1. The maximum Gasteiger partial charge on any atom is 0.422 e. The Bertz CT molecular complexity index is 1310. The maximum absolute atomic E-state index is 13.9. The molecule has 2 aliphatic rings. The van der Waals surface area contributed by atoms with Gasteiger partial charge in [-0.15, -0.1) is 0 Å². The second kappa shape index (κ2) is 9.56. The molecule has 1 spiro atoms. The third-order valence-electron chi connectivity index (χ3n) is 6.31. The van der Waals surface area contributed by atoms with E-state index in [9.17, 15) is 14.4 Å². The molecule has 184 valence electrons. The molecule has 1 fully saturated rings. The Kier molecular flexibility index (Phi) is 6.29. The van der Waals surface area contributed by atoms with Crippen LogP contribution in [0, 0.1) is 0 Å². The highest BCUT2D eigenvalue weighted by Gasteiger charge is 2.49. The highest BCUT2D eigenvalue weighted by molar-refractivity contribution is 6.31. The van der Waals surface area contributed by atoms with E-state index in [1.54, 1.807) is 18.2 Å². The second-order valence-electron chi connectivity index (χ2n) is 8.67. The van der Waals surface area contributed by atoms with Crippen LogP contribution in [0.4, 0.5) is 16.4 Å². The van der Waals surface area contributed by atoms with Crippen molar-refractivity contribution in [3.63, 3.8) is 0 Å². The van der Waals surface area contributed by atoms with E-state index >= 15 is 0 Å². The number of nitrogens with zero attached hydrogens (tertiary/aromatic N) is 3. The van der Waals surface area contributed by atoms with Gasteiger partial charge in [0.25, 0.3) is 11.8 Å². The van der Waals surface area contributed by atoms with Gasteiger partial charge in [-0.2, -0.15) is 0 Å². The normalized spacial score (nSPS) is 19.5. The zero-order chi connectivity index (χ0) is 25.3. The smallest absolute Gasteiger partial charge is 0.422 e. The summed E-state index contributed by atoms with van der Waals surface area (Å²) in [4.78, 5) is 48.8. The average molecular weight is 507 g/mol. The van der Waals surface area contributed by atoms with Crippen molar-refractivity contribution in [2.45, 2.75) is 24.5 Å². The van der Waals surface area contributed by atoms with Crippen LogP contribution in [0.2, 0.25) is 5.02 Å². The number of anilines is 2. The predicted octanol–water partition coefficient (Wildman–Crippen LogP) is 2.43. The minimum atomic E-state index is -1.09. The Morgan fingerprint density at radius 1 is 1.19 bits per heavy atom. The number of nitrogens with one attached hydrogen (secondary N) is 2. The van der Waals surface area contributed by atoms with Gasteiger partial charge in [-0.25, -0.2) is 19.7 Å². The van der Waals surface area contributed by atoms with Crippen LogP contribution in [0.15, 0.2) is 60.9 Å². The quantitative estimate of drug-likeness (QED) is 0.479. The highest BCUT2D eigenvalue weighted by Crippen LogP contribution is 2.44. The van der Waals surface area contributed by atoms with Gasteiger partial charge >= 0.3 is 6.09 Å². The van der Waals surface area contributed by atoms with Gasteiger partial charge in [0.2, 0.25) is 5.95 Å². The molecule has 36 heavy (non-hydrogen) atoms. The molecule has 3 aromatic rings. The molecular formula is C25H23ClN6O4. The zero-order valence-electron chi connectivity index (χ0n) is 19.1. The van der Waals surface area contributed by atoms with Crippen LogP contribution in [0.25, 0.3) is 0 Å². The Balaban J connectivity index is 1.51. The molecule has 0 saturated carbocycles. The largest absolute Gasteiger partial charge is 0.436 e. The standard InChI is InChI=1S/C25H23ClN6O4/c26-17-6-7-20-18(11-17)25(8-9-28-14-25)36-24(35)32(20)22(34)19(10-15-4-2-1-3-5-15)31-21(33)16-12-29-23(27)30-13-16/h1-7,11-13,19,28H,8-10,14H2,(H,31,33)(H2,27,29,30)/t19-,25?/m0/s1. The van der Waals surface area contributed by atoms with Crippen LogP contribution < -0.4 is 21.3 Å². The molecule has 4 N–H and O–H groups in total. The lowest BCUT2D eigenvalue weighted by Crippen LogP contribution is -2.56. The SMILES string of the molecule is Nc1ncc(C(=O)N[C@@H](Cc2ccccc2)C(=O)N2C(=O)OC3(CCNC3)c3cc(Cl)ccc32)cn1. The van der Waals surface area contributed by atoms with Gasteiger partial charge in [0.1, 0.15) is 6.04 Å². The first-order valence-electron chi connectivity index (χ1n) is 11.4. The Morgan fingerprint density at radius 3 is 2.64 bits per heavy atom. The maximum atomic E-state index is 13.9. The number of imide groups is 1. The molecule has 3 heterocycles. The summed E-state index contributed by atoms with van der Waals surface area (Å²) >= 11 is 6.28. The number of hydrogen-bond acceptors (Lipinski definition) is 8. The summed E-state index contributed by atoms with van der Waals surface area (Å²) in [5.74, 6) is -1.20. The van der Waals surface area contributed by atoms with Crippen molar-refractivity contribution in [2.24, 2.45) is 0 Å². The number of ether oxygens (including phenoxy) is 1. The fourth-order valence-corrected chi connectivity index (χ4v) is 4.70. The van der Waals surface area contributed by atoms with Crippen molar-refractivity contribution in [3.8, 4) is 0 Å². The molecule has 1 unspecified atom stereocenters. The number of carbonyl (C=O) groups excluding carboxylic acids is 3. The number of carbonyl (C=O) groups is 3. The van der Waals surface area contributed by atoms with Crippen molar-refractivity contribution in [1.29, 1.82) is 0 Å². The van der Waals surface area contributed by atoms with Gasteiger partial charge in [-0.3, -0.25) is 9.59 Å². The van der Waals surface area contributed by atoms with E-state index < -0.39 is 29.6 Å². The second-order valence-corrected chi connectivity index (χ2v) is 9.11. The van der Waals surface area contributed by atoms with Crippen LogP contribution in [-0.2, 0) is 21.6 Å². The number of hydrogen-bond donors (Lipinski definition) is 3. The molecule has 1 aromatic heterocycles. The van der Waals surface area contributed by atoms with Gasteiger partial charge in [0.15, 0.2) is 5.60 Å². The summed E-state index contributed by atoms with van der Waals surface area (Å²) in [6.07, 6.45) is 2.42. The van der Waals surface area contributed by atoms with E-state index in [2.05, 4.69) is 20.6 Å². The van der Waals surface area contributed by atoms with Crippen molar-refractivity contribution in [2.75, 3.05) is 23.7 Å². The summed E-state index contributed by atoms with van der Waals surface area (Å²) in [6.45, 7) is 1.07. The van der Waals surface area contributed by atoms with Crippen molar-refractivity contribution < 1.29 is 19.1 Å². The van der Waals surface area contributed by atoms with Crippen molar-refractivity contribution in [1.82, 2.24) is 20.6 Å². The first-order chi connectivity index (χ1) is 17.4.